The molecule has 1 saturated carbocycles. The van der Waals surface area contributed by atoms with Crippen molar-refractivity contribution in [2.45, 2.75) is 52.2 Å². The second-order valence-electron chi connectivity index (χ2n) is 6.30. The molecule has 0 bridgehead atoms. The summed E-state index contributed by atoms with van der Waals surface area (Å²) in [6.45, 7) is 4.99. The number of carbonyl (C=O) groups excluding carboxylic acids is 1. The number of ether oxygens (including phenoxy) is 1. The lowest BCUT2D eigenvalue weighted by Gasteiger charge is -2.33. The Bertz CT molecular complexity index is 461. The van der Waals surface area contributed by atoms with Gasteiger partial charge in [-0.25, -0.2) is 4.79 Å². The normalized spacial score (nSPS) is 18.6. The van der Waals surface area contributed by atoms with Gasteiger partial charge in [-0.3, -0.25) is 5.32 Å². The van der Waals surface area contributed by atoms with Gasteiger partial charge in [-0.15, -0.1) is 0 Å². The fourth-order valence-electron chi connectivity index (χ4n) is 2.57. The highest BCUT2D eigenvalue weighted by Crippen LogP contribution is 2.36. The minimum Gasteiger partial charge on any atom is -0.446 e. The van der Waals surface area contributed by atoms with Crippen molar-refractivity contribution in [2.24, 2.45) is 11.1 Å². The van der Waals surface area contributed by atoms with Gasteiger partial charge in [0.15, 0.2) is 0 Å². The van der Waals surface area contributed by atoms with Crippen LogP contribution < -0.4 is 11.1 Å². The van der Waals surface area contributed by atoms with Crippen molar-refractivity contribution in [2.75, 3.05) is 5.32 Å². The van der Waals surface area contributed by atoms with Crippen LogP contribution >= 0.6 is 0 Å². The molecule has 0 heterocycles. The molecular weight excluding hydrogens is 252 g/mol. The summed E-state index contributed by atoms with van der Waals surface area (Å²) < 4.78 is 5.48. The van der Waals surface area contributed by atoms with Crippen molar-refractivity contribution >= 4 is 11.8 Å². The number of benzene rings is 1. The molecule has 20 heavy (non-hydrogen) atoms. The van der Waals surface area contributed by atoms with E-state index < -0.39 is 0 Å². The highest BCUT2D eigenvalue weighted by Gasteiger charge is 2.28. The molecular formula is C16H24N2O2. The Hall–Kier alpha value is -1.55. The Balaban J connectivity index is 1.83. The zero-order valence-corrected chi connectivity index (χ0v) is 12.3. The van der Waals surface area contributed by atoms with Gasteiger partial charge >= 0.3 is 6.09 Å². The highest BCUT2D eigenvalue weighted by molar-refractivity contribution is 5.84. The predicted octanol–water partition coefficient (Wildman–Crippen LogP) is 3.66. The Kier molecular flexibility index (Phi) is 4.65. The Labute approximate surface area is 120 Å². The molecule has 0 spiro atoms. The average molecular weight is 276 g/mol. The summed E-state index contributed by atoms with van der Waals surface area (Å²) in [5, 5.41) is 2.77. The van der Waals surface area contributed by atoms with E-state index in [-0.39, 0.29) is 12.2 Å². The lowest BCUT2D eigenvalue weighted by Crippen LogP contribution is -2.29. The monoisotopic (exact) mass is 276 g/mol. The first kappa shape index (κ1) is 14.9. The number of rotatable bonds is 3. The SMILES string of the molecule is CC1(C)CCC(OC(=O)Nc2cccc(CN)c2)CC1. The standard InChI is InChI=1S/C16H24N2O2/c1-16(2)8-6-14(7-9-16)20-15(19)18-13-5-3-4-12(10-13)11-17/h3-5,10,14H,6-9,11,17H2,1-2H3,(H,18,19). The molecule has 0 aliphatic heterocycles. The molecule has 110 valence electrons. The van der Waals surface area contributed by atoms with Crippen molar-refractivity contribution in [3.05, 3.63) is 29.8 Å². The van der Waals surface area contributed by atoms with E-state index in [0.717, 1.165) is 36.9 Å². The largest absolute Gasteiger partial charge is 0.446 e. The third-order valence-corrected chi connectivity index (χ3v) is 3.97. The second kappa shape index (κ2) is 6.27. The summed E-state index contributed by atoms with van der Waals surface area (Å²) in [5.41, 5.74) is 7.68. The van der Waals surface area contributed by atoms with E-state index >= 15 is 0 Å². The van der Waals surface area contributed by atoms with Gasteiger partial charge < -0.3 is 10.5 Å². The van der Waals surface area contributed by atoms with Crippen molar-refractivity contribution < 1.29 is 9.53 Å². The molecule has 1 fully saturated rings. The van der Waals surface area contributed by atoms with Crippen LogP contribution in [0.15, 0.2) is 24.3 Å². The second-order valence-corrected chi connectivity index (χ2v) is 6.30. The van der Waals surface area contributed by atoms with Gasteiger partial charge in [0.1, 0.15) is 6.10 Å². The molecule has 4 nitrogen and oxygen atoms in total. The molecule has 0 aromatic heterocycles. The molecule has 0 unspecified atom stereocenters. The van der Waals surface area contributed by atoms with Crippen LogP contribution in [0.5, 0.6) is 0 Å². The van der Waals surface area contributed by atoms with Gasteiger partial charge in [0.2, 0.25) is 0 Å². The maximum absolute atomic E-state index is 11.9. The molecule has 2 rings (SSSR count). The van der Waals surface area contributed by atoms with E-state index in [1.807, 2.05) is 24.3 Å². The number of anilines is 1. The maximum atomic E-state index is 11.9. The zero-order valence-electron chi connectivity index (χ0n) is 12.3. The number of hydrogen-bond donors (Lipinski definition) is 2. The third kappa shape index (κ3) is 4.23. The van der Waals surface area contributed by atoms with Crippen LogP contribution in [0.4, 0.5) is 10.5 Å². The topological polar surface area (TPSA) is 64.3 Å². The van der Waals surface area contributed by atoms with E-state index in [0.29, 0.717) is 12.0 Å². The van der Waals surface area contributed by atoms with Gasteiger partial charge in [0.05, 0.1) is 0 Å². The Morgan fingerprint density at radius 3 is 2.75 bits per heavy atom. The van der Waals surface area contributed by atoms with Crippen molar-refractivity contribution in [3.63, 3.8) is 0 Å². The van der Waals surface area contributed by atoms with E-state index in [9.17, 15) is 4.79 Å². The molecule has 0 atom stereocenters. The molecule has 0 radical (unpaired) electrons. The molecule has 1 aliphatic rings. The van der Waals surface area contributed by atoms with E-state index in [1.54, 1.807) is 0 Å². The number of hydrogen-bond acceptors (Lipinski definition) is 3. The van der Waals surface area contributed by atoms with Gasteiger partial charge in [-0.2, -0.15) is 0 Å². The number of nitrogens with two attached hydrogens (primary N) is 1. The van der Waals surface area contributed by atoms with Crippen LogP contribution in [0.25, 0.3) is 0 Å². The first-order valence-electron chi connectivity index (χ1n) is 7.25. The minimum absolute atomic E-state index is 0.0423. The quantitative estimate of drug-likeness (QED) is 0.885. The van der Waals surface area contributed by atoms with Gasteiger partial charge in [-0.05, 0) is 48.8 Å². The Morgan fingerprint density at radius 1 is 1.40 bits per heavy atom. The maximum Gasteiger partial charge on any atom is 0.411 e. The first-order chi connectivity index (χ1) is 9.48. The lowest BCUT2D eigenvalue weighted by atomic mass is 9.76. The summed E-state index contributed by atoms with van der Waals surface area (Å²) >= 11 is 0. The number of carbonyl (C=O) groups is 1. The van der Waals surface area contributed by atoms with Crippen LogP contribution in [-0.2, 0) is 11.3 Å². The van der Waals surface area contributed by atoms with Crippen molar-refractivity contribution in [3.8, 4) is 0 Å². The molecule has 1 aromatic rings. The van der Waals surface area contributed by atoms with Gasteiger partial charge in [0.25, 0.3) is 0 Å². The van der Waals surface area contributed by atoms with Crippen LogP contribution in [0.3, 0.4) is 0 Å². The van der Waals surface area contributed by atoms with E-state index in [2.05, 4.69) is 19.2 Å². The van der Waals surface area contributed by atoms with E-state index in [1.165, 1.54) is 0 Å². The summed E-state index contributed by atoms with van der Waals surface area (Å²) in [6.07, 6.45) is 3.78. The summed E-state index contributed by atoms with van der Waals surface area (Å²) in [4.78, 5) is 11.9. The lowest BCUT2D eigenvalue weighted by molar-refractivity contribution is 0.0563. The zero-order chi connectivity index (χ0) is 14.6. The summed E-state index contributed by atoms with van der Waals surface area (Å²) in [7, 11) is 0. The first-order valence-corrected chi connectivity index (χ1v) is 7.25. The number of amides is 1. The molecule has 4 heteroatoms. The molecule has 1 aliphatic carbocycles. The molecule has 1 aromatic carbocycles. The fraction of sp³-hybridized carbons (Fsp3) is 0.562. The molecule has 3 N–H and O–H groups in total. The van der Waals surface area contributed by atoms with Crippen LogP contribution in [-0.4, -0.2) is 12.2 Å². The predicted molar refractivity (Wildman–Crippen MR) is 80.5 cm³/mol. The van der Waals surface area contributed by atoms with Crippen LogP contribution in [0.2, 0.25) is 0 Å². The summed E-state index contributed by atoms with van der Waals surface area (Å²) in [6, 6.07) is 7.51. The van der Waals surface area contributed by atoms with Crippen molar-refractivity contribution in [1.29, 1.82) is 0 Å². The summed E-state index contributed by atoms with van der Waals surface area (Å²) in [5.74, 6) is 0. The Morgan fingerprint density at radius 2 is 2.10 bits per heavy atom. The highest BCUT2D eigenvalue weighted by atomic mass is 16.6. The average Bonchev–Trinajstić information content (AvgIpc) is 2.41. The van der Waals surface area contributed by atoms with Crippen LogP contribution in [0, 0.1) is 5.41 Å². The molecule has 0 saturated heterocycles. The smallest absolute Gasteiger partial charge is 0.411 e. The third-order valence-electron chi connectivity index (χ3n) is 3.97. The van der Waals surface area contributed by atoms with Gasteiger partial charge in [0, 0.05) is 12.2 Å². The van der Waals surface area contributed by atoms with Crippen LogP contribution in [0.1, 0.15) is 45.1 Å². The number of nitrogens with one attached hydrogen (secondary N) is 1. The van der Waals surface area contributed by atoms with Crippen molar-refractivity contribution in [1.82, 2.24) is 0 Å². The fourth-order valence-corrected chi connectivity index (χ4v) is 2.57. The van der Waals surface area contributed by atoms with Gasteiger partial charge in [-0.1, -0.05) is 26.0 Å². The minimum atomic E-state index is -0.371. The van der Waals surface area contributed by atoms with E-state index in [4.69, 9.17) is 10.5 Å². The molecule has 1 amide bonds.